The van der Waals surface area contributed by atoms with E-state index in [4.69, 9.17) is 15.2 Å². The molecule has 1 aliphatic heterocycles. The molecule has 1 fully saturated rings. The number of hydrogen-bond acceptors (Lipinski definition) is 7. The summed E-state index contributed by atoms with van der Waals surface area (Å²) < 4.78 is 10.6. The second-order valence-electron chi connectivity index (χ2n) is 6.35. The lowest BCUT2D eigenvalue weighted by atomic mass is 10.1. The summed E-state index contributed by atoms with van der Waals surface area (Å²) in [4.78, 5) is 37.1. The number of hydrogen-bond donors (Lipinski definition) is 1. The maximum absolute atomic E-state index is 13.0. The van der Waals surface area contributed by atoms with Crippen molar-refractivity contribution in [2.75, 3.05) is 46.1 Å². The van der Waals surface area contributed by atoms with Crippen LogP contribution in [0.25, 0.3) is 0 Å². The SMILES string of the molecule is COc1cccc(OC)c1C(=O)N1CCN(C(=O)c2cnc(N)nc2C)CC1. The van der Waals surface area contributed by atoms with Crippen LogP contribution in [0.3, 0.4) is 0 Å². The van der Waals surface area contributed by atoms with Crippen molar-refractivity contribution in [2.45, 2.75) is 6.92 Å². The first-order valence-electron chi connectivity index (χ1n) is 8.85. The zero-order chi connectivity index (χ0) is 20.3. The van der Waals surface area contributed by atoms with Gasteiger partial charge in [0.1, 0.15) is 17.1 Å². The van der Waals surface area contributed by atoms with E-state index in [-0.39, 0.29) is 17.8 Å². The van der Waals surface area contributed by atoms with Crippen LogP contribution in [0, 0.1) is 6.92 Å². The highest BCUT2D eigenvalue weighted by Crippen LogP contribution is 2.30. The topological polar surface area (TPSA) is 111 Å². The van der Waals surface area contributed by atoms with E-state index < -0.39 is 0 Å². The van der Waals surface area contributed by atoms with Gasteiger partial charge in [-0.05, 0) is 19.1 Å². The molecule has 0 atom stereocenters. The minimum atomic E-state index is -0.187. The van der Waals surface area contributed by atoms with E-state index in [0.29, 0.717) is 54.5 Å². The summed E-state index contributed by atoms with van der Waals surface area (Å²) in [5.41, 5.74) is 6.89. The third-order valence-corrected chi connectivity index (χ3v) is 4.72. The van der Waals surface area contributed by atoms with Gasteiger partial charge in [0.15, 0.2) is 0 Å². The number of nitrogens with zero attached hydrogens (tertiary/aromatic N) is 4. The van der Waals surface area contributed by atoms with Crippen LogP contribution in [0.1, 0.15) is 26.4 Å². The summed E-state index contributed by atoms with van der Waals surface area (Å²) in [6.45, 7) is 3.35. The van der Waals surface area contributed by atoms with Crippen LogP contribution < -0.4 is 15.2 Å². The number of carbonyl (C=O) groups excluding carboxylic acids is 2. The zero-order valence-electron chi connectivity index (χ0n) is 16.1. The maximum atomic E-state index is 13.0. The fraction of sp³-hybridized carbons (Fsp3) is 0.368. The van der Waals surface area contributed by atoms with Gasteiger partial charge in [0.25, 0.3) is 11.8 Å². The number of aryl methyl sites for hydroxylation is 1. The average Bonchev–Trinajstić information content (AvgIpc) is 2.72. The summed E-state index contributed by atoms with van der Waals surface area (Å²) in [5.74, 6) is 0.693. The molecule has 3 rings (SSSR count). The van der Waals surface area contributed by atoms with Gasteiger partial charge in [-0.3, -0.25) is 9.59 Å². The molecule has 1 saturated heterocycles. The van der Waals surface area contributed by atoms with E-state index in [9.17, 15) is 9.59 Å². The molecule has 2 N–H and O–H groups in total. The highest BCUT2D eigenvalue weighted by molar-refractivity contribution is 6.00. The third kappa shape index (κ3) is 3.68. The molecule has 2 aromatic rings. The quantitative estimate of drug-likeness (QED) is 0.835. The molecule has 28 heavy (non-hydrogen) atoms. The second kappa shape index (κ2) is 8.12. The van der Waals surface area contributed by atoms with Crippen molar-refractivity contribution < 1.29 is 19.1 Å². The molecule has 148 valence electrons. The van der Waals surface area contributed by atoms with Crippen molar-refractivity contribution in [3.8, 4) is 11.5 Å². The van der Waals surface area contributed by atoms with E-state index in [1.807, 2.05) is 0 Å². The molecule has 0 aliphatic carbocycles. The van der Waals surface area contributed by atoms with Gasteiger partial charge in [-0.1, -0.05) is 6.07 Å². The molecule has 2 amide bonds. The van der Waals surface area contributed by atoms with Crippen LogP contribution in [0.2, 0.25) is 0 Å². The lowest BCUT2D eigenvalue weighted by Gasteiger charge is -2.35. The predicted octanol–water partition coefficient (Wildman–Crippen LogP) is 0.983. The van der Waals surface area contributed by atoms with Crippen molar-refractivity contribution in [2.24, 2.45) is 0 Å². The summed E-state index contributed by atoms with van der Waals surface area (Å²) >= 11 is 0. The van der Waals surface area contributed by atoms with Crippen molar-refractivity contribution in [3.05, 3.63) is 41.2 Å². The first-order chi connectivity index (χ1) is 13.5. The normalized spacial score (nSPS) is 14.0. The standard InChI is InChI=1S/C19H23N5O4/c1-12-13(11-21-19(20)22-12)17(25)23-7-9-24(10-8-23)18(26)16-14(27-2)5-4-6-15(16)28-3/h4-6,11H,7-10H2,1-3H3,(H2,20,21,22). The first kappa shape index (κ1) is 19.4. The van der Waals surface area contributed by atoms with Gasteiger partial charge in [-0.25, -0.2) is 9.97 Å². The smallest absolute Gasteiger partial charge is 0.261 e. The Kier molecular flexibility index (Phi) is 5.62. The monoisotopic (exact) mass is 385 g/mol. The fourth-order valence-corrected chi connectivity index (χ4v) is 3.20. The van der Waals surface area contributed by atoms with Gasteiger partial charge < -0.3 is 25.0 Å². The van der Waals surface area contributed by atoms with Crippen molar-refractivity contribution in [3.63, 3.8) is 0 Å². The Balaban J connectivity index is 1.72. The minimum absolute atomic E-state index is 0.134. The Morgan fingerprint density at radius 2 is 1.54 bits per heavy atom. The Bertz CT molecular complexity index is 872. The molecule has 0 bridgehead atoms. The van der Waals surface area contributed by atoms with Gasteiger partial charge in [-0.2, -0.15) is 0 Å². The Hall–Kier alpha value is -3.36. The van der Waals surface area contributed by atoms with E-state index >= 15 is 0 Å². The average molecular weight is 385 g/mol. The van der Waals surface area contributed by atoms with E-state index in [1.165, 1.54) is 20.4 Å². The van der Waals surface area contributed by atoms with Gasteiger partial charge in [-0.15, -0.1) is 0 Å². The number of nitrogens with two attached hydrogens (primary N) is 1. The van der Waals surface area contributed by atoms with E-state index in [1.54, 1.807) is 34.9 Å². The molecule has 2 heterocycles. The summed E-state index contributed by atoms with van der Waals surface area (Å²) in [6, 6.07) is 5.21. The number of carbonyl (C=O) groups is 2. The highest BCUT2D eigenvalue weighted by atomic mass is 16.5. The number of benzene rings is 1. The number of ether oxygens (including phenoxy) is 2. The second-order valence-corrected chi connectivity index (χ2v) is 6.35. The fourth-order valence-electron chi connectivity index (χ4n) is 3.20. The van der Waals surface area contributed by atoms with Crippen molar-refractivity contribution in [1.29, 1.82) is 0 Å². The van der Waals surface area contributed by atoms with Gasteiger partial charge in [0.05, 0.1) is 25.5 Å². The predicted molar refractivity (Wildman–Crippen MR) is 103 cm³/mol. The lowest BCUT2D eigenvalue weighted by Crippen LogP contribution is -2.50. The molecule has 1 aromatic carbocycles. The Labute approximate surface area is 163 Å². The highest BCUT2D eigenvalue weighted by Gasteiger charge is 2.29. The van der Waals surface area contributed by atoms with E-state index in [2.05, 4.69) is 9.97 Å². The van der Waals surface area contributed by atoms with Crippen LogP contribution in [0.5, 0.6) is 11.5 Å². The number of piperazine rings is 1. The van der Waals surface area contributed by atoms with Gasteiger partial charge >= 0.3 is 0 Å². The number of amides is 2. The van der Waals surface area contributed by atoms with Crippen LogP contribution in [-0.4, -0.2) is 72.0 Å². The van der Waals surface area contributed by atoms with Gasteiger partial charge in [0.2, 0.25) is 5.95 Å². The van der Waals surface area contributed by atoms with Crippen LogP contribution in [0.4, 0.5) is 5.95 Å². The summed E-state index contributed by atoms with van der Waals surface area (Å²) in [6.07, 6.45) is 1.44. The van der Waals surface area contributed by atoms with Crippen molar-refractivity contribution in [1.82, 2.24) is 19.8 Å². The molecule has 0 spiro atoms. The summed E-state index contributed by atoms with van der Waals surface area (Å²) in [7, 11) is 3.03. The first-order valence-corrected chi connectivity index (χ1v) is 8.85. The molecule has 1 aliphatic rings. The Morgan fingerprint density at radius 1 is 1.00 bits per heavy atom. The molecule has 0 unspecified atom stereocenters. The zero-order valence-corrected chi connectivity index (χ0v) is 16.1. The molecular weight excluding hydrogens is 362 g/mol. The number of nitrogen functional groups attached to an aromatic ring is 1. The molecule has 0 radical (unpaired) electrons. The van der Waals surface area contributed by atoms with Crippen LogP contribution >= 0.6 is 0 Å². The number of methoxy groups -OCH3 is 2. The molecule has 9 heteroatoms. The van der Waals surface area contributed by atoms with Crippen LogP contribution in [0.15, 0.2) is 24.4 Å². The number of anilines is 1. The largest absolute Gasteiger partial charge is 0.496 e. The van der Waals surface area contributed by atoms with Gasteiger partial charge in [0, 0.05) is 32.4 Å². The molecule has 9 nitrogen and oxygen atoms in total. The maximum Gasteiger partial charge on any atom is 0.261 e. The molecule has 1 aromatic heterocycles. The van der Waals surface area contributed by atoms with Crippen molar-refractivity contribution >= 4 is 17.8 Å². The number of rotatable bonds is 4. The van der Waals surface area contributed by atoms with E-state index in [0.717, 1.165) is 0 Å². The Morgan fingerprint density at radius 3 is 2.04 bits per heavy atom. The minimum Gasteiger partial charge on any atom is -0.496 e. The lowest BCUT2D eigenvalue weighted by molar-refractivity contribution is 0.0530. The molecular formula is C19H23N5O4. The van der Waals surface area contributed by atoms with Crippen LogP contribution in [-0.2, 0) is 0 Å². The number of aromatic nitrogens is 2. The third-order valence-electron chi connectivity index (χ3n) is 4.72. The molecule has 0 saturated carbocycles. The summed E-state index contributed by atoms with van der Waals surface area (Å²) in [5, 5.41) is 0.